The van der Waals surface area contributed by atoms with Crippen LogP contribution in [0, 0.1) is 0 Å². The van der Waals surface area contributed by atoms with Crippen LogP contribution in [-0.2, 0) is 6.54 Å². The summed E-state index contributed by atoms with van der Waals surface area (Å²) in [6, 6.07) is 10.2. The third kappa shape index (κ3) is 2.86. The van der Waals surface area contributed by atoms with Gasteiger partial charge in [-0.3, -0.25) is 0 Å². The molecule has 3 rings (SSSR count). The molecule has 2 N–H and O–H groups in total. The SMILES string of the molecule is CCN(CC)c1nc(NCc2ccccc2)nc2nc[nH]c12. The standard InChI is InChI=1S/C16H20N6/c1-3-22(4-2)15-13-14(19-11-18-13)20-16(21-15)17-10-12-8-6-5-7-9-12/h5-9,11H,3-4,10H2,1-2H3,(H2,17,18,19,20,21). The Balaban J connectivity index is 1.89. The van der Waals surface area contributed by atoms with Gasteiger partial charge in [0, 0.05) is 19.6 Å². The maximum Gasteiger partial charge on any atom is 0.227 e. The molecule has 114 valence electrons. The first-order chi connectivity index (χ1) is 10.8. The van der Waals surface area contributed by atoms with Gasteiger partial charge in [-0.2, -0.15) is 9.97 Å². The molecule has 2 aromatic heterocycles. The number of nitrogens with one attached hydrogen (secondary N) is 2. The first-order valence-corrected chi connectivity index (χ1v) is 7.55. The molecule has 0 bridgehead atoms. The Labute approximate surface area is 129 Å². The molecule has 0 aliphatic carbocycles. The highest BCUT2D eigenvalue weighted by atomic mass is 15.2. The van der Waals surface area contributed by atoms with Gasteiger partial charge >= 0.3 is 0 Å². The van der Waals surface area contributed by atoms with Crippen LogP contribution in [0.5, 0.6) is 0 Å². The Morgan fingerprint density at radius 3 is 2.59 bits per heavy atom. The Kier molecular flexibility index (Phi) is 4.18. The monoisotopic (exact) mass is 296 g/mol. The van der Waals surface area contributed by atoms with E-state index in [1.807, 2.05) is 18.2 Å². The van der Waals surface area contributed by atoms with Gasteiger partial charge in [0.05, 0.1) is 6.33 Å². The molecule has 1 aromatic carbocycles. The third-order valence-corrected chi connectivity index (χ3v) is 3.62. The summed E-state index contributed by atoms with van der Waals surface area (Å²) in [6.07, 6.45) is 1.66. The second-order valence-electron chi connectivity index (χ2n) is 4.98. The highest BCUT2D eigenvalue weighted by Gasteiger charge is 2.14. The van der Waals surface area contributed by atoms with Crippen molar-refractivity contribution in [2.75, 3.05) is 23.3 Å². The fourth-order valence-corrected chi connectivity index (χ4v) is 2.43. The lowest BCUT2D eigenvalue weighted by Crippen LogP contribution is -2.24. The van der Waals surface area contributed by atoms with Crippen molar-refractivity contribution in [3.05, 3.63) is 42.2 Å². The zero-order valence-electron chi connectivity index (χ0n) is 12.9. The summed E-state index contributed by atoms with van der Waals surface area (Å²) < 4.78 is 0. The summed E-state index contributed by atoms with van der Waals surface area (Å²) in [7, 11) is 0. The lowest BCUT2D eigenvalue weighted by atomic mass is 10.2. The van der Waals surface area contributed by atoms with Crippen LogP contribution in [-0.4, -0.2) is 33.0 Å². The van der Waals surface area contributed by atoms with Gasteiger partial charge in [0.1, 0.15) is 5.52 Å². The Morgan fingerprint density at radius 2 is 1.86 bits per heavy atom. The van der Waals surface area contributed by atoms with Crippen LogP contribution in [0.4, 0.5) is 11.8 Å². The molecule has 3 aromatic rings. The van der Waals surface area contributed by atoms with Gasteiger partial charge in [-0.25, -0.2) is 4.98 Å². The van der Waals surface area contributed by atoms with Gasteiger partial charge in [0.25, 0.3) is 0 Å². The van der Waals surface area contributed by atoms with Crippen LogP contribution in [0.2, 0.25) is 0 Å². The van der Waals surface area contributed by atoms with Crippen molar-refractivity contribution in [2.24, 2.45) is 0 Å². The summed E-state index contributed by atoms with van der Waals surface area (Å²) in [5, 5.41) is 3.28. The second kappa shape index (κ2) is 6.43. The van der Waals surface area contributed by atoms with Crippen LogP contribution in [0.1, 0.15) is 19.4 Å². The quantitative estimate of drug-likeness (QED) is 0.732. The van der Waals surface area contributed by atoms with Crippen molar-refractivity contribution in [3.8, 4) is 0 Å². The highest BCUT2D eigenvalue weighted by Crippen LogP contribution is 2.22. The number of imidazole rings is 1. The summed E-state index contributed by atoms with van der Waals surface area (Å²) in [4.78, 5) is 18.7. The van der Waals surface area contributed by atoms with Crippen LogP contribution in [0.25, 0.3) is 11.2 Å². The number of aromatic nitrogens is 4. The Bertz CT molecular complexity index is 733. The average Bonchev–Trinajstić information content (AvgIpc) is 3.03. The summed E-state index contributed by atoms with van der Waals surface area (Å²) in [5.41, 5.74) is 2.76. The van der Waals surface area contributed by atoms with Crippen molar-refractivity contribution >= 4 is 22.9 Å². The maximum absolute atomic E-state index is 4.66. The van der Waals surface area contributed by atoms with E-state index < -0.39 is 0 Å². The molecule has 0 aliphatic rings. The molecule has 2 heterocycles. The number of rotatable bonds is 6. The van der Waals surface area contributed by atoms with E-state index in [4.69, 9.17) is 0 Å². The van der Waals surface area contributed by atoms with E-state index in [0.717, 1.165) is 24.4 Å². The van der Waals surface area contributed by atoms with Gasteiger partial charge in [-0.05, 0) is 19.4 Å². The molecule has 22 heavy (non-hydrogen) atoms. The fourth-order valence-electron chi connectivity index (χ4n) is 2.43. The number of hydrogen-bond donors (Lipinski definition) is 2. The minimum Gasteiger partial charge on any atom is -0.355 e. The van der Waals surface area contributed by atoms with E-state index in [9.17, 15) is 0 Å². The van der Waals surface area contributed by atoms with Crippen LogP contribution >= 0.6 is 0 Å². The van der Waals surface area contributed by atoms with Crippen LogP contribution in [0.3, 0.4) is 0 Å². The molecule has 0 saturated heterocycles. The molecular formula is C16H20N6. The van der Waals surface area contributed by atoms with E-state index in [1.165, 1.54) is 5.56 Å². The van der Waals surface area contributed by atoms with Crippen molar-refractivity contribution in [1.82, 2.24) is 19.9 Å². The first-order valence-electron chi connectivity index (χ1n) is 7.55. The molecule has 0 aliphatic heterocycles. The van der Waals surface area contributed by atoms with E-state index in [0.29, 0.717) is 18.1 Å². The molecular weight excluding hydrogens is 276 g/mol. The number of hydrogen-bond acceptors (Lipinski definition) is 5. The highest BCUT2D eigenvalue weighted by molar-refractivity contribution is 5.84. The maximum atomic E-state index is 4.66. The average molecular weight is 296 g/mol. The number of aromatic amines is 1. The molecule has 0 fully saturated rings. The van der Waals surface area contributed by atoms with Crippen molar-refractivity contribution in [3.63, 3.8) is 0 Å². The third-order valence-electron chi connectivity index (χ3n) is 3.62. The molecule has 0 amide bonds. The zero-order chi connectivity index (χ0) is 15.4. The molecule has 0 atom stereocenters. The van der Waals surface area contributed by atoms with Gasteiger partial charge in [0.15, 0.2) is 11.5 Å². The van der Waals surface area contributed by atoms with E-state index >= 15 is 0 Å². The van der Waals surface area contributed by atoms with Crippen LogP contribution < -0.4 is 10.2 Å². The number of benzene rings is 1. The smallest absolute Gasteiger partial charge is 0.227 e. The summed E-state index contributed by atoms with van der Waals surface area (Å²) in [6.45, 7) is 6.70. The number of nitrogens with zero attached hydrogens (tertiary/aromatic N) is 4. The lowest BCUT2D eigenvalue weighted by molar-refractivity contribution is 0.846. The topological polar surface area (TPSA) is 69.7 Å². The predicted octanol–water partition coefficient (Wildman–Crippen LogP) is 2.81. The van der Waals surface area contributed by atoms with Crippen molar-refractivity contribution in [2.45, 2.75) is 20.4 Å². The number of anilines is 2. The van der Waals surface area contributed by atoms with Gasteiger partial charge in [0.2, 0.25) is 5.95 Å². The molecule has 6 heteroatoms. The van der Waals surface area contributed by atoms with E-state index in [1.54, 1.807) is 6.33 Å². The number of H-pyrrole nitrogens is 1. The molecule has 0 unspecified atom stereocenters. The summed E-state index contributed by atoms with van der Waals surface area (Å²) >= 11 is 0. The minimum absolute atomic E-state index is 0.602. The molecule has 0 spiro atoms. The summed E-state index contributed by atoms with van der Waals surface area (Å²) in [5.74, 6) is 1.49. The minimum atomic E-state index is 0.602. The van der Waals surface area contributed by atoms with Gasteiger partial charge in [-0.1, -0.05) is 30.3 Å². The Morgan fingerprint density at radius 1 is 1.09 bits per heavy atom. The zero-order valence-corrected chi connectivity index (χ0v) is 12.9. The van der Waals surface area contributed by atoms with Gasteiger partial charge in [-0.15, -0.1) is 0 Å². The van der Waals surface area contributed by atoms with Gasteiger partial charge < -0.3 is 15.2 Å². The van der Waals surface area contributed by atoms with Crippen molar-refractivity contribution in [1.29, 1.82) is 0 Å². The van der Waals surface area contributed by atoms with Crippen molar-refractivity contribution < 1.29 is 0 Å². The molecule has 0 radical (unpaired) electrons. The van der Waals surface area contributed by atoms with E-state index in [-0.39, 0.29) is 0 Å². The largest absolute Gasteiger partial charge is 0.355 e. The number of fused-ring (bicyclic) bond motifs is 1. The fraction of sp³-hybridized carbons (Fsp3) is 0.312. The second-order valence-corrected chi connectivity index (χ2v) is 4.98. The molecule has 6 nitrogen and oxygen atoms in total. The first kappa shape index (κ1) is 14.3. The lowest BCUT2D eigenvalue weighted by Gasteiger charge is -2.20. The normalized spacial score (nSPS) is 10.8. The molecule has 0 saturated carbocycles. The van der Waals surface area contributed by atoms with E-state index in [2.05, 4.69) is 56.1 Å². The Hall–Kier alpha value is -2.63. The van der Waals surface area contributed by atoms with Crippen LogP contribution in [0.15, 0.2) is 36.7 Å². The predicted molar refractivity (Wildman–Crippen MR) is 89.0 cm³/mol.